The van der Waals surface area contributed by atoms with Gasteiger partial charge in [-0.05, 0) is 74.5 Å². The van der Waals surface area contributed by atoms with Crippen molar-refractivity contribution in [3.63, 3.8) is 0 Å². The number of carbonyl (C=O) groups excluding carboxylic acids is 2. The highest BCUT2D eigenvalue weighted by atomic mass is 17.3. The van der Waals surface area contributed by atoms with Gasteiger partial charge in [0, 0.05) is 25.1 Å². The zero-order chi connectivity index (χ0) is 26.5. The molecule has 206 valence electrons. The van der Waals surface area contributed by atoms with Crippen molar-refractivity contribution in [2.24, 2.45) is 35.5 Å². The fraction of sp³-hybridized carbons (Fsp3) is 0.862. The van der Waals surface area contributed by atoms with Gasteiger partial charge >= 0.3 is 0 Å². The lowest BCUT2D eigenvalue weighted by atomic mass is 9.75. The molecule has 0 bridgehead atoms. The Bertz CT molecular complexity index is 711. The molecule has 7 heteroatoms. The van der Waals surface area contributed by atoms with Crippen molar-refractivity contribution in [1.82, 2.24) is 4.90 Å². The zero-order valence-corrected chi connectivity index (χ0v) is 23.5. The molecule has 6 atom stereocenters. The summed E-state index contributed by atoms with van der Waals surface area (Å²) >= 11 is 0. The first kappa shape index (κ1) is 29.3. The van der Waals surface area contributed by atoms with Gasteiger partial charge in [-0.3, -0.25) is 14.5 Å². The lowest BCUT2D eigenvalue weighted by molar-refractivity contribution is -0.530. The van der Waals surface area contributed by atoms with E-state index in [1.807, 2.05) is 6.92 Å². The molecule has 0 aromatic rings. The minimum Gasteiger partial charge on any atom is -0.275 e. The lowest BCUT2D eigenvalue weighted by Gasteiger charge is -2.40. The Morgan fingerprint density at radius 1 is 0.833 bits per heavy atom. The van der Waals surface area contributed by atoms with E-state index in [2.05, 4.69) is 41.5 Å². The van der Waals surface area contributed by atoms with Crippen molar-refractivity contribution in [3.8, 4) is 0 Å². The summed E-state index contributed by atoms with van der Waals surface area (Å²) in [6, 6.07) is 0. The van der Waals surface area contributed by atoms with Gasteiger partial charge in [0.25, 0.3) is 11.8 Å². The fourth-order valence-electron chi connectivity index (χ4n) is 6.08. The van der Waals surface area contributed by atoms with E-state index in [1.165, 1.54) is 29.9 Å². The van der Waals surface area contributed by atoms with Crippen LogP contribution in [-0.4, -0.2) is 41.3 Å². The third kappa shape index (κ3) is 7.86. The van der Waals surface area contributed by atoms with Gasteiger partial charge in [-0.15, -0.1) is 0 Å². The number of nitrogens with zero attached hydrogens (tertiary/aromatic N) is 1. The van der Waals surface area contributed by atoms with Crippen molar-refractivity contribution in [2.75, 3.05) is 6.54 Å². The summed E-state index contributed by atoms with van der Waals surface area (Å²) in [4.78, 5) is 49.6. The second-order valence-electron chi connectivity index (χ2n) is 12.5. The molecule has 2 aliphatic carbocycles. The van der Waals surface area contributed by atoms with Crippen molar-refractivity contribution >= 4 is 11.8 Å². The van der Waals surface area contributed by atoms with Gasteiger partial charge in [-0.25, -0.2) is 9.78 Å². The van der Waals surface area contributed by atoms with Gasteiger partial charge in [0.2, 0.25) is 5.79 Å². The summed E-state index contributed by atoms with van der Waals surface area (Å²) in [5, 5.41) is 0. The van der Waals surface area contributed by atoms with Gasteiger partial charge in [-0.1, -0.05) is 54.4 Å². The molecule has 3 rings (SSSR count). The molecule has 2 fully saturated rings. The summed E-state index contributed by atoms with van der Waals surface area (Å²) in [6.07, 6.45) is 10.2. The van der Waals surface area contributed by atoms with E-state index in [1.54, 1.807) is 0 Å². The molecule has 1 heterocycles. The first-order valence-electron chi connectivity index (χ1n) is 14.2. The second kappa shape index (κ2) is 13.0. The van der Waals surface area contributed by atoms with E-state index in [-0.39, 0.29) is 24.0 Å². The highest BCUT2D eigenvalue weighted by Crippen LogP contribution is 2.38. The van der Waals surface area contributed by atoms with E-state index < -0.39 is 5.79 Å². The first-order valence-corrected chi connectivity index (χ1v) is 14.2. The van der Waals surface area contributed by atoms with Gasteiger partial charge in [0.1, 0.15) is 0 Å². The SMILES string of the molecule is CC1CCC(C(C)C)C(OOC(C)(CCCN2C(=O)C=CC2=O)OOC2CC(C)CCC2C(C)C)C1. The van der Waals surface area contributed by atoms with Crippen molar-refractivity contribution in [3.05, 3.63) is 12.2 Å². The number of carbonyl (C=O) groups is 2. The lowest BCUT2D eigenvalue weighted by Crippen LogP contribution is -2.42. The molecule has 6 unspecified atom stereocenters. The largest absolute Gasteiger partial charge is 0.275 e. The standard InChI is InChI=1S/C29H49NO6/c1-19(2)23-11-9-21(5)17-25(23)33-35-29(7,15-8-16-30-27(31)13-14-28(30)32)36-34-26-18-22(6)10-12-24(26)20(3)4/h13-14,19-26H,8-12,15-18H2,1-7H3. The second-order valence-corrected chi connectivity index (χ2v) is 12.5. The van der Waals surface area contributed by atoms with Crippen LogP contribution in [0, 0.1) is 35.5 Å². The number of amides is 2. The van der Waals surface area contributed by atoms with Crippen molar-refractivity contribution in [1.29, 1.82) is 0 Å². The monoisotopic (exact) mass is 507 g/mol. The third-order valence-corrected chi connectivity index (χ3v) is 8.53. The predicted molar refractivity (Wildman–Crippen MR) is 138 cm³/mol. The summed E-state index contributed by atoms with van der Waals surface area (Å²) in [5.74, 6) is 1.35. The van der Waals surface area contributed by atoms with Crippen LogP contribution < -0.4 is 0 Å². The number of imide groups is 1. The predicted octanol–water partition coefficient (Wildman–Crippen LogP) is 6.23. The average Bonchev–Trinajstić information content (AvgIpc) is 3.13. The van der Waals surface area contributed by atoms with Crippen LogP contribution in [0.5, 0.6) is 0 Å². The van der Waals surface area contributed by atoms with E-state index in [0.29, 0.717) is 54.9 Å². The van der Waals surface area contributed by atoms with Crippen LogP contribution in [0.2, 0.25) is 0 Å². The van der Waals surface area contributed by atoms with Crippen LogP contribution >= 0.6 is 0 Å². The Kier molecular flexibility index (Phi) is 10.6. The number of rotatable bonds is 12. The highest BCUT2D eigenvalue weighted by Gasteiger charge is 2.39. The zero-order valence-electron chi connectivity index (χ0n) is 23.5. The van der Waals surface area contributed by atoms with Gasteiger partial charge in [-0.2, -0.15) is 9.78 Å². The molecule has 36 heavy (non-hydrogen) atoms. The molecular formula is C29H49NO6. The molecule has 2 saturated carbocycles. The van der Waals surface area contributed by atoms with Crippen LogP contribution in [0.3, 0.4) is 0 Å². The summed E-state index contributed by atoms with van der Waals surface area (Å²) in [6.45, 7) is 15.6. The molecule has 1 aliphatic heterocycles. The van der Waals surface area contributed by atoms with E-state index in [4.69, 9.17) is 19.6 Å². The van der Waals surface area contributed by atoms with Crippen LogP contribution in [-0.2, 0) is 29.1 Å². The molecule has 0 saturated heterocycles. The van der Waals surface area contributed by atoms with Gasteiger partial charge in [0.15, 0.2) is 0 Å². The minimum absolute atomic E-state index is 0.000674. The van der Waals surface area contributed by atoms with Crippen LogP contribution in [0.15, 0.2) is 12.2 Å². The van der Waals surface area contributed by atoms with Crippen LogP contribution in [0.4, 0.5) is 0 Å². The van der Waals surface area contributed by atoms with E-state index in [9.17, 15) is 9.59 Å². The molecule has 0 radical (unpaired) electrons. The maximum atomic E-state index is 12.0. The molecule has 0 aromatic carbocycles. The quantitative estimate of drug-likeness (QED) is 0.135. The normalized spacial score (nSPS) is 33.1. The van der Waals surface area contributed by atoms with Crippen LogP contribution in [0.25, 0.3) is 0 Å². The number of hydrogen-bond acceptors (Lipinski definition) is 6. The molecular weight excluding hydrogens is 458 g/mol. The summed E-state index contributed by atoms with van der Waals surface area (Å²) in [5.41, 5.74) is 0. The minimum atomic E-state index is -1.15. The fourth-order valence-corrected chi connectivity index (χ4v) is 6.08. The highest BCUT2D eigenvalue weighted by molar-refractivity contribution is 6.12. The maximum absolute atomic E-state index is 12.0. The van der Waals surface area contributed by atoms with Crippen LogP contribution in [0.1, 0.15) is 99.8 Å². The molecule has 0 N–H and O–H groups in total. The maximum Gasteiger partial charge on any atom is 0.253 e. The van der Waals surface area contributed by atoms with Gasteiger partial charge < -0.3 is 0 Å². The van der Waals surface area contributed by atoms with Crippen molar-refractivity contribution < 1.29 is 29.1 Å². The summed E-state index contributed by atoms with van der Waals surface area (Å²) < 4.78 is 0. The average molecular weight is 508 g/mol. The smallest absolute Gasteiger partial charge is 0.253 e. The third-order valence-electron chi connectivity index (χ3n) is 8.53. The Balaban J connectivity index is 1.65. The Labute approximate surface area is 218 Å². The van der Waals surface area contributed by atoms with Gasteiger partial charge in [0.05, 0.1) is 12.2 Å². The topological polar surface area (TPSA) is 74.3 Å². The Hall–Kier alpha value is -1.28. The molecule has 0 spiro atoms. The van der Waals surface area contributed by atoms with E-state index >= 15 is 0 Å². The van der Waals surface area contributed by atoms with E-state index in [0.717, 1.165) is 25.7 Å². The van der Waals surface area contributed by atoms with Crippen molar-refractivity contribution in [2.45, 2.75) is 118 Å². The Morgan fingerprint density at radius 3 is 1.69 bits per heavy atom. The Morgan fingerprint density at radius 2 is 1.28 bits per heavy atom. The molecule has 0 aromatic heterocycles. The first-order chi connectivity index (χ1) is 17.0. The summed E-state index contributed by atoms with van der Waals surface area (Å²) in [7, 11) is 0. The number of hydrogen-bond donors (Lipinski definition) is 0. The molecule has 7 nitrogen and oxygen atoms in total. The molecule has 3 aliphatic rings. The molecule has 2 amide bonds.